The summed E-state index contributed by atoms with van der Waals surface area (Å²) >= 11 is 0. The number of nitrogens with one attached hydrogen (secondary N) is 1. The number of nitrogens with zero attached hydrogens (tertiary/aromatic N) is 2. The lowest BCUT2D eigenvalue weighted by Gasteiger charge is -2.05. The van der Waals surface area contributed by atoms with Crippen molar-refractivity contribution in [2.75, 3.05) is 5.32 Å². The van der Waals surface area contributed by atoms with Gasteiger partial charge in [-0.3, -0.25) is 4.79 Å². The molecule has 0 radical (unpaired) electrons. The monoisotopic (exact) mass is 277 g/mol. The summed E-state index contributed by atoms with van der Waals surface area (Å²) in [5.41, 5.74) is 3.37. The number of aryl methyl sites for hydroxylation is 2. The van der Waals surface area contributed by atoms with Gasteiger partial charge in [-0.25, -0.2) is 9.97 Å². The third-order valence-electron chi connectivity index (χ3n) is 3.23. The van der Waals surface area contributed by atoms with E-state index in [1.54, 1.807) is 18.3 Å². The molecule has 0 fully saturated rings. The molecule has 0 saturated heterocycles. The maximum Gasteiger partial charge on any atom is 0.275 e. The summed E-state index contributed by atoms with van der Waals surface area (Å²) in [4.78, 5) is 20.8. The van der Waals surface area contributed by atoms with Gasteiger partial charge in [-0.15, -0.1) is 0 Å². The minimum Gasteiger partial charge on any atom is -0.305 e. The second-order valence-electron chi connectivity index (χ2n) is 5.07. The van der Waals surface area contributed by atoms with Crippen LogP contribution in [0.4, 0.5) is 5.82 Å². The van der Waals surface area contributed by atoms with E-state index >= 15 is 0 Å². The van der Waals surface area contributed by atoms with Crippen LogP contribution in [0.25, 0.3) is 10.9 Å². The zero-order valence-electron chi connectivity index (χ0n) is 11.9. The fraction of sp³-hybridized carbons (Fsp3) is 0.118. The maximum absolute atomic E-state index is 12.2. The van der Waals surface area contributed by atoms with Gasteiger partial charge in [0.2, 0.25) is 0 Å². The Hall–Kier alpha value is -2.75. The first-order chi connectivity index (χ1) is 10.1. The summed E-state index contributed by atoms with van der Waals surface area (Å²) in [6.45, 7) is 3.95. The average Bonchev–Trinajstić information content (AvgIpc) is 2.48. The van der Waals surface area contributed by atoms with E-state index in [1.807, 2.05) is 44.2 Å². The van der Waals surface area contributed by atoms with Crippen LogP contribution in [0.15, 0.2) is 48.7 Å². The number of hydrogen-bond acceptors (Lipinski definition) is 3. The van der Waals surface area contributed by atoms with Crippen molar-refractivity contribution < 1.29 is 4.79 Å². The van der Waals surface area contributed by atoms with Crippen LogP contribution in [0.2, 0.25) is 0 Å². The van der Waals surface area contributed by atoms with Crippen molar-refractivity contribution in [1.82, 2.24) is 9.97 Å². The minimum absolute atomic E-state index is 0.255. The molecule has 0 aliphatic rings. The Morgan fingerprint density at radius 1 is 1.00 bits per heavy atom. The molecular weight excluding hydrogens is 262 g/mol. The van der Waals surface area contributed by atoms with Crippen LogP contribution in [0, 0.1) is 13.8 Å². The van der Waals surface area contributed by atoms with Crippen molar-refractivity contribution >= 4 is 22.6 Å². The standard InChI is InChI=1S/C17H15N3O/c1-11-3-5-13-6-7-14(19-15(13)9-11)17(21)20-16-8-4-12(2)10-18-16/h3-10H,1-2H3,(H,18,20,21). The van der Waals surface area contributed by atoms with Crippen LogP contribution in [-0.2, 0) is 0 Å². The Morgan fingerprint density at radius 3 is 2.52 bits per heavy atom. The van der Waals surface area contributed by atoms with E-state index in [0.717, 1.165) is 22.0 Å². The van der Waals surface area contributed by atoms with Gasteiger partial charge >= 0.3 is 0 Å². The summed E-state index contributed by atoms with van der Waals surface area (Å²) in [6.07, 6.45) is 1.72. The fourth-order valence-electron chi connectivity index (χ4n) is 2.08. The van der Waals surface area contributed by atoms with Gasteiger partial charge in [0.1, 0.15) is 11.5 Å². The Labute approximate surface area is 122 Å². The van der Waals surface area contributed by atoms with Crippen molar-refractivity contribution in [1.29, 1.82) is 0 Å². The molecule has 2 aromatic heterocycles. The molecule has 0 aliphatic carbocycles. The number of hydrogen-bond donors (Lipinski definition) is 1. The van der Waals surface area contributed by atoms with E-state index in [-0.39, 0.29) is 5.91 Å². The van der Waals surface area contributed by atoms with Gasteiger partial charge in [-0.1, -0.05) is 24.3 Å². The van der Waals surface area contributed by atoms with Gasteiger partial charge in [-0.05, 0) is 43.2 Å². The molecule has 3 aromatic rings. The maximum atomic E-state index is 12.2. The topological polar surface area (TPSA) is 54.9 Å². The zero-order valence-corrected chi connectivity index (χ0v) is 11.9. The van der Waals surface area contributed by atoms with Crippen LogP contribution in [0.3, 0.4) is 0 Å². The van der Waals surface area contributed by atoms with Crippen molar-refractivity contribution in [3.8, 4) is 0 Å². The van der Waals surface area contributed by atoms with E-state index < -0.39 is 0 Å². The van der Waals surface area contributed by atoms with Gasteiger partial charge in [0.15, 0.2) is 0 Å². The molecule has 1 aromatic carbocycles. The lowest BCUT2D eigenvalue weighted by molar-refractivity contribution is 0.102. The first kappa shape index (κ1) is 13.2. The van der Waals surface area contributed by atoms with Crippen LogP contribution >= 0.6 is 0 Å². The SMILES string of the molecule is Cc1ccc(NC(=O)c2ccc3ccc(C)cc3n2)nc1. The lowest BCUT2D eigenvalue weighted by atomic mass is 10.1. The van der Waals surface area contributed by atoms with Crippen LogP contribution in [-0.4, -0.2) is 15.9 Å². The number of carbonyl (C=O) groups is 1. The molecule has 4 heteroatoms. The van der Waals surface area contributed by atoms with Gasteiger partial charge in [0.05, 0.1) is 5.52 Å². The quantitative estimate of drug-likeness (QED) is 0.780. The smallest absolute Gasteiger partial charge is 0.275 e. The average molecular weight is 277 g/mol. The number of pyridine rings is 2. The molecule has 21 heavy (non-hydrogen) atoms. The number of carbonyl (C=O) groups excluding carboxylic acids is 1. The predicted molar refractivity (Wildman–Crippen MR) is 83.4 cm³/mol. The van der Waals surface area contributed by atoms with Crippen molar-refractivity contribution in [2.24, 2.45) is 0 Å². The minimum atomic E-state index is -0.255. The summed E-state index contributed by atoms with van der Waals surface area (Å²) in [6, 6.07) is 13.3. The highest BCUT2D eigenvalue weighted by Crippen LogP contribution is 2.15. The van der Waals surface area contributed by atoms with Crippen LogP contribution in [0.5, 0.6) is 0 Å². The third kappa shape index (κ3) is 2.89. The molecule has 1 amide bonds. The van der Waals surface area contributed by atoms with Gasteiger partial charge in [0.25, 0.3) is 5.91 Å². The summed E-state index contributed by atoms with van der Waals surface area (Å²) in [5.74, 6) is 0.270. The number of fused-ring (bicyclic) bond motifs is 1. The molecule has 0 unspecified atom stereocenters. The molecule has 0 saturated carbocycles. The van der Waals surface area contributed by atoms with Crippen LogP contribution < -0.4 is 5.32 Å². The normalized spacial score (nSPS) is 10.6. The highest BCUT2D eigenvalue weighted by atomic mass is 16.1. The van der Waals surface area contributed by atoms with Crippen molar-refractivity contribution in [3.63, 3.8) is 0 Å². The van der Waals surface area contributed by atoms with E-state index in [1.165, 1.54) is 0 Å². The van der Waals surface area contributed by atoms with E-state index in [4.69, 9.17) is 0 Å². The van der Waals surface area contributed by atoms with E-state index in [9.17, 15) is 4.79 Å². The largest absolute Gasteiger partial charge is 0.305 e. The molecule has 4 nitrogen and oxygen atoms in total. The van der Waals surface area contributed by atoms with Gasteiger partial charge in [-0.2, -0.15) is 0 Å². The second-order valence-corrected chi connectivity index (χ2v) is 5.07. The third-order valence-corrected chi connectivity index (χ3v) is 3.23. The molecule has 2 heterocycles. The Bertz CT molecular complexity index is 810. The number of rotatable bonds is 2. The fourth-order valence-corrected chi connectivity index (χ4v) is 2.08. The Kier molecular flexibility index (Phi) is 3.36. The number of benzene rings is 1. The number of anilines is 1. The second kappa shape index (κ2) is 5.32. The highest BCUT2D eigenvalue weighted by molar-refractivity contribution is 6.03. The molecule has 0 aliphatic heterocycles. The molecular formula is C17H15N3O. The van der Waals surface area contributed by atoms with E-state index in [2.05, 4.69) is 15.3 Å². The number of amides is 1. The van der Waals surface area contributed by atoms with Crippen molar-refractivity contribution in [2.45, 2.75) is 13.8 Å². The van der Waals surface area contributed by atoms with Crippen molar-refractivity contribution in [3.05, 3.63) is 65.5 Å². The van der Waals surface area contributed by atoms with E-state index in [0.29, 0.717) is 11.5 Å². The van der Waals surface area contributed by atoms with Gasteiger partial charge in [0, 0.05) is 11.6 Å². The molecule has 1 N–H and O–H groups in total. The molecule has 0 atom stereocenters. The Morgan fingerprint density at radius 2 is 1.76 bits per heavy atom. The highest BCUT2D eigenvalue weighted by Gasteiger charge is 2.09. The first-order valence-electron chi connectivity index (χ1n) is 6.73. The number of aromatic nitrogens is 2. The predicted octanol–water partition coefficient (Wildman–Crippen LogP) is 3.50. The zero-order chi connectivity index (χ0) is 14.8. The molecule has 0 spiro atoms. The summed E-state index contributed by atoms with van der Waals surface area (Å²) in [7, 11) is 0. The Balaban J connectivity index is 1.88. The van der Waals surface area contributed by atoms with Crippen LogP contribution in [0.1, 0.15) is 21.6 Å². The molecule has 0 bridgehead atoms. The molecule has 3 rings (SSSR count). The lowest BCUT2D eigenvalue weighted by Crippen LogP contribution is -2.14. The first-order valence-corrected chi connectivity index (χ1v) is 6.73. The van der Waals surface area contributed by atoms with Gasteiger partial charge < -0.3 is 5.32 Å². The molecule has 104 valence electrons. The summed E-state index contributed by atoms with van der Waals surface area (Å²) in [5, 5.41) is 3.77. The summed E-state index contributed by atoms with van der Waals surface area (Å²) < 4.78 is 0.